The van der Waals surface area contributed by atoms with Crippen molar-refractivity contribution >= 4 is 17.5 Å². The number of hydrogen-bond acceptors (Lipinski definition) is 2. The molecule has 0 N–H and O–H groups in total. The van der Waals surface area contributed by atoms with Crippen molar-refractivity contribution in [3.63, 3.8) is 0 Å². The number of nitrogens with zero attached hydrogens (tertiary/aromatic N) is 1. The summed E-state index contributed by atoms with van der Waals surface area (Å²) in [4.78, 5) is 13.7. The van der Waals surface area contributed by atoms with Crippen LogP contribution < -0.4 is 0 Å². The highest BCUT2D eigenvalue weighted by Gasteiger charge is 2.40. The van der Waals surface area contributed by atoms with Gasteiger partial charge in [-0.2, -0.15) is 0 Å². The summed E-state index contributed by atoms with van der Waals surface area (Å²) in [6.07, 6.45) is 2.46. The molecule has 2 saturated heterocycles. The lowest BCUT2D eigenvalue weighted by molar-refractivity contribution is -0.130. The molecule has 0 aromatic rings. The Kier molecular flexibility index (Phi) is 3.45. The van der Waals surface area contributed by atoms with Crippen LogP contribution in [0.4, 0.5) is 0 Å². The topological polar surface area (TPSA) is 29.5 Å². The first-order chi connectivity index (χ1) is 7.52. The Labute approximate surface area is 102 Å². The van der Waals surface area contributed by atoms with Gasteiger partial charge in [-0.05, 0) is 18.3 Å². The van der Waals surface area contributed by atoms with Gasteiger partial charge < -0.3 is 9.64 Å². The van der Waals surface area contributed by atoms with E-state index < -0.39 is 0 Å². The van der Waals surface area contributed by atoms with Crippen molar-refractivity contribution in [2.75, 3.05) is 25.6 Å². The third-order valence-corrected chi connectivity index (χ3v) is 3.87. The van der Waals surface area contributed by atoms with Crippen LogP contribution in [0.25, 0.3) is 0 Å². The SMILES string of the molecule is CC1(C)C[C@@H]2OCC[C@@H]2CN(C(=O)CCl)C1. The lowest BCUT2D eigenvalue weighted by Crippen LogP contribution is -2.39. The Bertz CT molecular complexity index is 280. The van der Waals surface area contributed by atoms with Crippen LogP contribution in [0.3, 0.4) is 0 Å². The maximum atomic E-state index is 11.7. The maximum absolute atomic E-state index is 11.7. The van der Waals surface area contributed by atoms with Crippen molar-refractivity contribution in [1.82, 2.24) is 4.90 Å². The fourth-order valence-corrected chi connectivity index (χ4v) is 3.04. The summed E-state index contributed by atoms with van der Waals surface area (Å²) in [7, 11) is 0. The first-order valence-corrected chi connectivity index (χ1v) is 6.51. The predicted octanol–water partition coefficient (Wildman–Crippen LogP) is 1.89. The van der Waals surface area contributed by atoms with Gasteiger partial charge in [-0.1, -0.05) is 13.8 Å². The standard InChI is InChI=1S/C12H20ClNO2/c1-12(2)5-10-9(3-4-16-10)7-14(8-12)11(15)6-13/h9-10H,3-8H2,1-2H3/t9-,10+/m1/s1. The Morgan fingerprint density at radius 1 is 1.56 bits per heavy atom. The van der Waals surface area contributed by atoms with Crippen LogP contribution in [0.5, 0.6) is 0 Å². The number of amides is 1. The Hall–Kier alpha value is -0.280. The van der Waals surface area contributed by atoms with E-state index in [-0.39, 0.29) is 17.2 Å². The zero-order valence-electron chi connectivity index (χ0n) is 10.0. The zero-order valence-corrected chi connectivity index (χ0v) is 10.8. The van der Waals surface area contributed by atoms with Gasteiger partial charge >= 0.3 is 0 Å². The van der Waals surface area contributed by atoms with Gasteiger partial charge in [-0.3, -0.25) is 4.79 Å². The molecule has 0 aromatic carbocycles. The molecule has 4 heteroatoms. The molecule has 92 valence electrons. The molecule has 2 fully saturated rings. The summed E-state index contributed by atoms with van der Waals surface area (Å²) < 4.78 is 5.76. The number of carbonyl (C=O) groups excluding carboxylic acids is 1. The smallest absolute Gasteiger partial charge is 0.237 e. The third-order valence-electron chi connectivity index (χ3n) is 3.64. The van der Waals surface area contributed by atoms with E-state index in [4.69, 9.17) is 16.3 Å². The molecular formula is C12H20ClNO2. The Morgan fingerprint density at radius 3 is 3.00 bits per heavy atom. The highest BCUT2D eigenvalue weighted by molar-refractivity contribution is 6.27. The number of ether oxygens (including phenoxy) is 1. The molecule has 0 saturated carbocycles. The Balaban J connectivity index is 2.13. The van der Waals surface area contributed by atoms with E-state index in [1.807, 2.05) is 4.90 Å². The van der Waals surface area contributed by atoms with Crippen LogP contribution in [0.1, 0.15) is 26.7 Å². The first kappa shape index (κ1) is 12.2. The molecule has 16 heavy (non-hydrogen) atoms. The highest BCUT2D eigenvalue weighted by Crippen LogP contribution is 2.36. The molecule has 2 heterocycles. The molecule has 0 aliphatic carbocycles. The van der Waals surface area contributed by atoms with E-state index >= 15 is 0 Å². The summed E-state index contributed by atoms with van der Waals surface area (Å²) >= 11 is 5.65. The second kappa shape index (κ2) is 4.53. The quantitative estimate of drug-likeness (QED) is 0.661. The monoisotopic (exact) mass is 245 g/mol. The molecule has 3 nitrogen and oxygen atoms in total. The van der Waals surface area contributed by atoms with Crippen molar-refractivity contribution in [2.24, 2.45) is 11.3 Å². The van der Waals surface area contributed by atoms with E-state index in [0.29, 0.717) is 12.0 Å². The number of carbonyl (C=O) groups is 1. The van der Waals surface area contributed by atoms with Gasteiger partial charge in [0.25, 0.3) is 0 Å². The minimum absolute atomic E-state index is 0.0577. The van der Waals surface area contributed by atoms with Crippen LogP contribution in [0, 0.1) is 11.3 Å². The fraction of sp³-hybridized carbons (Fsp3) is 0.917. The number of alkyl halides is 1. The molecule has 0 radical (unpaired) electrons. The third kappa shape index (κ3) is 2.51. The summed E-state index contributed by atoms with van der Waals surface area (Å²) in [6, 6.07) is 0. The normalized spacial score (nSPS) is 33.3. The maximum Gasteiger partial charge on any atom is 0.237 e. The van der Waals surface area contributed by atoms with Crippen molar-refractivity contribution in [2.45, 2.75) is 32.8 Å². The van der Waals surface area contributed by atoms with Gasteiger partial charge in [-0.25, -0.2) is 0 Å². The van der Waals surface area contributed by atoms with E-state index in [9.17, 15) is 4.79 Å². The van der Waals surface area contributed by atoms with Crippen LogP contribution >= 0.6 is 11.6 Å². The van der Waals surface area contributed by atoms with Gasteiger partial charge in [0.05, 0.1) is 6.10 Å². The van der Waals surface area contributed by atoms with Crippen LogP contribution in [0.2, 0.25) is 0 Å². The average molecular weight is 246 g/mol. The highest BCUT2D eigenvalue weighted by atomic mass is 35.5. The fourth-order valence-electron chi connectivity index (χ4n) is 2.88. The zero-order chi connectivity index (χ0) is 11.8. The second-order valence-electron chi connectivity index (χ2n) is 5.73. The molecule has 2 atom stereocenters. The number of fused-ring (bicyclic) bond motifs is 1. The van der Waals surface area contributed by atoms with E-state index in [1.165, 1.54) is 0 Å². The van der Waals surface area contributed by atoms with Gasteiger partial charge in [0, 0.05) is 25.6 Å². The van der Waals surface area contributed by atoms with Gasteiger partial charge in [0.1, 0.15) is 5.88 Å². The van der Waals surface area contributed by atoms with Crippen molar-refractivity contribution < 1.29 is 9.53 Å². The van der Waals surface area contributed by atoms with Crippen LogP contribution in [-0.4, -0.2) is 42.5 Å². The first-order valence-electron chi connectivity index (χ1n) is 5.97. The largest absolute Gasteiger partial charge is 0.378 e. The number of hydrogen-bond donors (Lipinski definition) is 0. The molecule has 0 aromatic heterocycles. The lowest BCUT2D eigenvalue weighted by atomic mass is 9.85. The average Bonchev–Trinajstić information content (AvgIpc) is 2.57. The molecule has 2 aliphatic rings. The minimum atomic E-state index is 0.0577. The molecule has 0 bridgehead atoms. The lowest BCUT2D eigenvalue weighted by Gasteiger charge is -2.29. The summed E-state index contributed by atoms with van der Waals surface area (Å²) in [6.45, 7) is 6.86. The molecule has 2 aliphatic heterocycles. The molecule has 0 spiro atoms. The molecule has 0 unspecified atom stereocenters. The number of halogens is 1. The van der Waals surface area contributed by atoms with E-state index in [0.717, 1.165) is 32.5 Å². The minimum Gasteiger partial charge on any atom is -0.378 e. The predicted molar refractivity (Wildman–Crippen MR) is 63.5 cm³/mol. The van der Waals surface area contributed by atoms with Gasteiger partial charge in [-0.15, -0.1) is 11.6 Å². The number of rotatable bonds is 1. The molecular weight excluding hydrogens is 226 g/mol. The van der Waals surface area contributed by atoms with E-state index in [2.05, 4.69) is 13.8 Å². The van der Waals surface area contributed by atoms with Crippen molar-refractivity contribution in [1.29, 1.82) is 0 Å². The van der Waals surface area contributed by atoms with Gasteiger partial charge in [0.2, 0.25) is 5.91 Å². The van der Waals surface area contributed by atoms with E-state index in [1.54, 1.807) is 0 Å². The molecule has 2 rings (SSSR count). The van der Waals surface area contributed by atoms with Crippen LogP contribution in [0.15, 0.2) is 0 Å². The van der Waals surface area contributed by atoms with Crippen LogP contribution in [-0.2, 0) is 9.53 Å². The van der Waals surface area contributed by atoms with Crippen molar-refractivity contribution in [3.05, 3.63) is 0 Å². The summed E-state index contributed by atoms with van der Waals surface area (Å²) in [5, 5.41) is 0. The number of likely N-dealkylation sites (tertiary alicyclic amines) is 1. The second-order valence-corrected chi connectivity index (χ2v) is 6.00. The van der Waals surface area contributed by atoms with Gasteiger partial charge in [0.15, 0.2) is 0 Å². The van der Waals surface area contributed by atoms with Crippen molar-refractivity contribution in [3.8, 4) is 0 Å². The summed E-state index contributed by atoms with van der Waals surface area (Å²) in [5.41, 5.74) is 0.130. The molecule has 1 amide bonds. The summed E-state index contributed by atoms with van der Waals surface area (Å²) in [5.74, 6) is 0.658. The Morgan fingerprint density at radius 2 is 2.31 bits per heavy atom.